The Bertz CT molecular complexity index is 806. The molecule has 0 aliphatic rings. The second-order valence-corrected chi connectivity index (χ2v) is 6.71. The molecule has 1 atom stereocenters. The predicted molar refractivity (Wildman–Crippen MR) is 90.4 cm³/mol. The number of benzene rings is 1. The van der Waals surface area contributed by atoms with Crippen molar-refractivity contribution in [2.24, 2.45) is 5.10 Å². The van der Waals surface area contributed by atoms with Gasteiger partial charge < -0.3 is 10.2 Å². The van der Waals surface area contributed by atoms with E-state index in [-0.39, 0.29) is 23.1 Å². The minimum Gasteiger partial charge on any atom is -0.508 e. The monoisotopic (exact) mass is 370 g/mol. The average Bonchev–Trinajstić information content (AvgIpc) is 2.89. The van der Waals surface area contributed by atoms with Gasteiger partial charge in [0.05, 0.1) is 27.7 Å². The number of phenols is 2. The normalized spacial score (nSPS) is 12.8. The van der Waals surface area contributed by atoms with Crippen LogP contribution in [0.25, 0.3) is 0 Å². The molecule has 1 aromatic carbocycles. The van der Waals surface area contributed by atoms with E-state index in [4.69, 9.17) is 11.6 Å². The quantitative estimate of drug-likeness (QED) is 0.521. The number of aromatic nitrogens is 2. The van der Waals surface area contributed by atoms with Gasteiger partial charge in [-0.3, -0.25) is 13.7 Å². The SMILES string of the molecule is C/C(=N\NC(=O)C[S@@](=O)Cn1cc(Cl)cn1)c1ccc(O)cc1O. The maximum atomic E-state index is 11.9. The molecule has 10 heteroatoms. The Kier molecular flexibility index (Phi) is 5.93. The zero-order valence-electron chi connectivity index (χ0n) is 12.6. The minimum atomic E-state index is -1.48. The molecule has 0 saturated carbocycles. The first-order valence-corrected chi connectivity index (χ1v) is 8.60. The highest BCUT2D eigenvalue weighted by Gasteiger charge is 2.10. The number of rotatable bonds is 6. The van der Waals surface area contributed by atoms with Gasteiger partial charge in [0.2, 0.25) is 0 Å². The third-order valence-corrected chi connectivity index (χ3v) is 4.22. The highest BCUT2D eigenvalue weighted by Crippen LogP contribution is 2.22. The molecular formula is C14H15ClN4O4S. The molecule has 1 heterocycles. The van der Waals surface area contributed by atoms with Crippen molar-refractivity contribution in [2.75, 3.05) is 5.75 Å². The smallest absolute Gasteiger partial charge is 0.252 e. The Labute approximate surface area is 145 Å². The van der Waals surface area contributed by atoms with Crippen LogP contribution in [0, 0.1) is 0 Å². The summed E-state index contributed by atoms with van der Waals surface area (Å²) in [6.45, 7) is 1.58. The van der Waals surface area contributed by atoms with Gasteiger partial charge in [-0.2, -0.15) is 10.2 Å². The lowest BCUT2D eigenvalue weighted by atomic mass is 10.1. The van der Waals surface area contributed by atoms with Crippen molar-refractivity contribution in [1.82, 2.24) is 15.2 Å². The lowest BCUT2D eigenvalue weighted by Gasteiger charge is -2.06. The third kappa shape index (κ3) is 5.07. The zero-order chi connectivity index (χ0) is 17.7. The van der Waals surface area contributed by atoms with E-state index < -0.39 is 16.7 Å². The number of carbonyl (C=O) groups excluding carboxylic acids is 1. The van der Waals surface area contributed by atoms with E-state index in [0.717, 1.165) is 0 Å². The average molecular weight is 371 g/mol. The van der Waals surface area contributed by atoms with Gasteiger partial charge in [0, 0.05) is 17.8 Å². The molecule has 0 aliphatic heterocycles. The van der Waals surface area contributed by atoms with Crippen molar-refractivity contribution in [3.8, 4) is 11.5 Å². The van der Waals surface area contributed by atoms with Gasteiger partial charge in [0.25, 0.3) is 5.91 Å². The van der Waals surface area contributed by atoms with Crippen molar-refractivity contribution in [2.45, 2.75) is 12.8 Å². The highest BCUT2D eigenvalue weighted by molar-refractivity contribution is 7.84. The molecular weight excluding hydrogens is 356 g/mol. The number of phenolic OH excluding ortho intramolecular Hbond substituents is 2. The molecule has 0 spiro atoms. The first-order valence-electron chi connectivity index (χ1n) is 6.73. The summed E-state index contributed by atoms with van der Waals surface area (Å²) in [7, 11) is -1.48. The minimum absolute atomic E-state index is 0.0432. The number of halogens is 1. The van der Waals surface area contributed by atoms with Crippen LogP contribution in [0.5, 0.6) is 11.5 Å². The largest absolute Gasteiger partial charge is 0.508 e. The number of nitrogens with one attached hydrogen (secondary N) is 1. The molecule has 0 saturated heterocycles. The van der Waals surface area contributed by atoms with Gasteiger partial charge in [-0.15, -0.1) is 0 Å². The van der Waals surface area contributed by atoms with E-state index in [9.17, 15) is 19.2 Å². The first kappa shape index (κ1) is 18.0. The fourth-order valence-corrected chi connectivity index (χ4v) is 2.85. The maximum absolute atomic E-state index is 11.9. The molecule has 2 rings (SSSR count). The second kappa shape index (κ2) is 7.93. The van der Waals surface area contributed by atoms with Gasteiger partial charge in [0.15, 0.2) is 0 Å². The van der Waals surface area contributed by atoms with E-state index in [1.807, 2.05) is 0 Å². The maximum Gasteiger partial charge on any atom is 0.252 e. The molecule has 128 valence electrons. The fourth-order valence-electron chi connectivity index (χ4n) is 1.81. The summed E-state index contributed by atoms with van der Waals surface area (Å²) < 4.78 is 13.3. The molecule has 24 heavy (non-hydrogen) atoms. The number of hydrazone groups is 1. The molecule has 2 aromatic rings. The summed E-state index contributed by atoms with van der Waals surface area (Å²) >= 11 is 5.70. The van der Waals surface area contributed by atoms with E-state index >= 15 is 0 Å². The van der Waals surface area contributed by atoms with E-state index in [1.165, 1.54) is 35.3 Å². The van der Waals surface area contributed by atoms with Crippen LogP contribution < -0.4 is 5.43 Å². The molecule has 1 aromatic heterocycles. The van der Waals surface area contributed by atoms with Crippen LogP contribution in [-0.4, -0.2) is 41.6 Å². The van der Waals surface area contributed by atoms with Gasteiger partial charge in [0.1, 0.15) is 23.1 Å². The van der Waals surface area contributed by atoms with Crippen molar-refractivity contribution in [3.63, 3.8) is 0 Å². The Morgan fingerprint density at radius 3 is 2.83 bits per heavy atom. The molecule has 1 amide bonds. The summed E-state index contributed by atoms with van der Waals surface area (Å²) in [5, 5.41) is 27.1. The summed E-state index contributed by atoms with van der Waals surface area (Å²) in [5.74, 6) is -0.992. The number of hydrogen-bond donors (Lipinski definition) is 3. The van der Waals surface area contributed by atoms with Crippen molar-refractivity contribution in [3.05, 3.63) is 41.2 Å². The van der Waals surface area contributed by atoms with Crippen LogP contribution in [0.3, 0.4) is 0 Å². The Balaban J connectivity index is 1.90. The fraction of sp³-hybridized carbons (Fsp3) is 0.214. The molecule has 3 N–H and O–H groups in total. The zero-order valence-corrected chi connectivity index (χ0v) is 14.2. The summed E-state index contributed by atoms with van der Waals surface area (Å²) in [6.07, 6.45) is 2.92. The predicted octanol–water partition coefficient (Wildman–Crippen LogP) is 1.19. The van der Waals surface area contributed by atoms with Crippen LogP contribution in [0.2, 0.25) is 5.02 Å². The van der Waals surface area contributed by atoms with Crippen molar-refractivity contribution >= 4 is 34.0 Å². The second-order valence-electron chi connectivity index (χ2n) is 4.84. The van der Waals surface area contributed by atoms with Crippen molar-refractivity contribution in [1.29, 1.82) is 0 Å². The Morgan fingerprint density at radius 1 is 1.46 bits per heavy atom. The van der Waals surface area contributed by atoms with Gasteiger partial charge in [-0.05, 0) is 19.1 Å². The number of amides is 1. The van der Waals surface area contributed by atoms with Gasteiger partial charge in [-0.1, -0.05) is 11.6 Å². The Hall–Kier alpha value is -2.39. The lowest BCUT2D eigenvalue weighted by Crippen LogP contribution is -2.26. The third-order valence-electron chi connectivity index (χ3n) is 2.89. The van der Waals surface area contributed by atoms with E-state index in [0.29, 0.717) is 16.3 Å². The Morgan fingerprint density at radius 2 is 2.21 bits per heavy atom. The van der Waals surface area contributed by atoms with E-state index in [1.54, 1.807) is 6.92 Å². The van der Waals surface area contributed by atoms with Gasteiger partial charge in [-0.25, -0.2) is 5.43 Å². The lowest BCUT2D eigenvalue weighted by molar-refractivity contribution is -0.118. The van der Waals surface area contributed by atoms with Crippen LogP contribution in [-0.2, 0) is 21.5 Å². The molecule has 0 fully saturated rings. The topological polar surface area (TPSA) is 117 Å². The number of nitrogens with zero attached hydrogens (tertiary/aromatic N) is 3. The van der Waals surface area contributed by atoms with E-state index in [2.05, 4.69) is 15.6 Å². The van der Waals surface area contributed by atoms with Crippen LogP contribution in [0.1, 0.15) is 12.5 Å². The molecule has 8 nitrogen and oxygen atoms in total. The summed E-state index contributed by atoms with van der Waals surface area (Å²) in [6, 6.07) is 4.02. The number of aromatic hydroxyl groups is 2. The van der Waals surface area contributed by atoms with Crippen molar-refractivity contribution < 1.29 is 19.2 Å². The number of hydrogen-bond acceptors (Lipinski definition) is 6. The molecule has 0 radical (unpaired) electrons. The van der Waals surface area contributed by atoms with Crippen LogP contribution >= 0.6 is 11.6 Å². The van der Waals surface area contributed by atoms with Crippen LogP contribution in [0.15, 0.2) is 35.7 Å². The molecule has 0 aliphatic carbocycles. The highest BCUT2D eigenvalue weighted by atomic mass is 35.5. The molecule has 0 bridgehead atoms. The summed E-state index contributed by atoms with van der Waals surface area (Å²) in [4.78, 5) is 11.8. The van der Waals surface area contributed by atoms with Crippen LogP contribution in [0.4, 0.5) is 0 Å². The standard InChI is InChI=1S/C14H15ClN4O4S/c1-9(12-3-2-11(20)4-13(12)21)17-18-14(22)7-24(23)8-19-6-10(15)5-16-19/h2-6,20-21H,7-8H2,1H3,(H,18,22)/b17-9+/t24-/m1/s1. The van der Waals surface area contributed by atoms with Gasteiger partial charge >= 0.3 is 0 Å². The summed E-state index contributed by atoms with van der Waals surface area (Å²) in [5.41, 5.74) is 2.97. The first-order chi connectivity index (χ1) is 11.3. The number of carbonyl (C=O) groups is 1. The molecule has 0 unspecified atom stereocenters.